The van der Waals surface area contributed by atoms with Crippen molar-refractivity contribution < 1.29 is 23.2 Å². The molecule has 26 heavy (non-hydrogen) atoms. The molecule has 0 fully saturated rings. The fraction of sp³-hybridized carbons (Fsp3) is 0.188. The number of nitro benzene ring substituents is 1. The van der Waals surface area contributed by atoms with Gasteiger partial charge < -0.3 is 5.11 Å². The average molecular weight is 443 g/mol. The van der Waals surface area contributed by atoms with Gasteiger partial charge in [-0.25, -0.2) is 8.42 Å². The Hall–Kier alpha value is -2.30. The number of para-hydroxylation sites is 1. The molecule has 0 aromatic heterocycles. The highest BCUT2D eigenvalue weighted by molar-refractivity contribution is 9.10. The smallest absolute Gasteiger partial charge is 0.321 e. The van der Waals surface area contributed by atoms with E-state index in [2.05, 4.69) is 15.9 Å². The topological polar surface area (TPSA) is 118 Å². The third-order valence-corrected chi connectivity index (χ3v) is 6.18. The Morgan fingerprint density at radius 2 is 1.81 bits per heavy atom. The lowest BCUT2D eigenvalue weighted by Gasteiger charge is -2.25. The van der Waals surface area contributed by atoms with Crippen molar-refractivity contribution in [1.82, 2.24) is 4.31 Å². The van der Waals surface area contributed by atoms with Crippen LogP contribution >= 0.6 is 15.9 Å². The van der Waals surface area contributed by atoms with Gasteiger partial charge >= 0.3 is 5.97 Å². The Bertz CT molecular complexity index is 930. The summed E-state index contributed by atoms with van der Waals surface area (Å²) in [5, 5.41) is 20.5. The van der Waals surface area contributed by atoms with Crippen LogP contribution in [0.2, 0.25) is 0 Å². The Morgan fingerprint density at radius 1 is 1.23 bits per heavy atom. The van der Waals surface area contributed by atoms with E-state index in [-0.39, 0.29) is 16.1 Å². The van der Waals surface area contributed by atoms with E-state index < -0.39 is 33.5 Å². The fourth-order valence-corrected chi connectivity index (χ4v) is 4.12. The summed E-state index contributed by atoms with van der Waals surface area (Å²) in [5.74, 6) is -1.36. The molecule has 0 spiro atoms. The van der Waals surface area contributed by atoms with Crippen molar-refractivity contribution in [2.45, 2.75) is 24.4 Å². The lowest BCUT2D eigenvalue weighted by Crippen LogP contribution is -2.42. The van der Waals surface area contributed by atoms with Gasteiger partial charge in [-0.15, -0.1) is 0 Å². The highest BCUT2D eigenvalue weighted by Gasteiger charge is 2.34. The number of benzene rings is 2. The van der Waals surface area contributed by atoms with Crippen molar-refractivity contribution in [3.05, 3.63) is 68.7 Å². The minimum Gasteiger partial charge on any atom is -0.480 e. The largest absolute Gasteiger partial charge is 0.480 e. The van der Waals surface area contributed by atoms with Gasteiger partial charge in [0.2, 0.25) is 10.0 Å². The van der Waals surface area contributed by atoms with E-state index in [4.69, 9.17) is 0 Å². The number of hydrogen-bond donors (Lipinski definition) is 1. The van der Waals surface area contributed by atoms with Crippen molar-refractivity contribution in [1.29, 1.82) is 0 Å². The van der Waals surface area contributed by atoms with Gasteiger partial charge in [0.1, 0.15) is 6.04 Å². The summed E-state index contributed by atoms with van der Waals surface area (Å²) in [4.78, 5) is 21.9. The Morgan fingerprint density at radius 3 is 2.35 bits per heavy atom. The molecule has 0 aliphatic heterocycles. The number of nitro groups is 1. The van der Waals surface area contributed by atoms with Crippen LogP contribution in [0.3, 0.4) is 0 Å². The molecule has 0 radical (unpaired) electrons. The molecule has 0 bridgehead atoms. The molecule has 8 nitrogen and oxygen atoms in total. The lowest BCUT2D eigenvalue weighted by atomic mass is 10.1. The van der Waals surface area contributed by atoms with Crippen LogP contribution in [0.4, 0.5) is 5.69 Å². The summed E-state index contributed by atoms with van der Waals surface area (Å²) in [6, 6.07) is 9.91. The summed E-state index contributed by atoms with van der Waals surface area (Å²) in [6.45, 7) is 0.774. The number of halogens is 1. The van der Waals surface area contributed by atoms with Crippen molar-refractivity contribution >= 4 is 37.6 Å². The van der Waals surface area contributed by atoms with Gasteiger partial charge in [0, 0.05) is 22.6 Å². The molecule has 2 aromatic rings. The van der Waals surface area contributed by atoms with Gasteiger partial charge in [-0.05, 0) is 31.2 Å². The number of nitrogens with zero attached hydrogens (tertiary/aromatic N) is 2. The summed E-state index contributed by atoms with van der Waals surface area (Å²) in [7, 11) is -4.19. The quantitative estimate of drug-likeness (QED) is 0.519. The number of aliphatic carboxylic acids is 1. The Kier molecular flexibility index (Phi) is 6.11. The zero-order valence-corrected chi connectivity index (χ0v) is 16.0. The highest BCUT2D eigenvalue weighted by atomic mass is 79.9. The third-order valence-electron chi connectivity index (χ3n) is 3.72. The van der Waals surface area contributed by atoms with Crippen LogP contribution in [-0.4, -0.2) is 34.8 Å². The maximum atomic E-state index is 13.0. The number of carboxylic acid groups (broad SMARTS) is 1. The zero-order valence-electron chi connectivity index (χ0n) is 13.6. The summed E-state index contributed by atoms with van der Waals surface area (Å²) < 4.78 is 27.3. The molecule has 0 aliphatic carbocycles. The van der Waals surface area contributed by atoms with Gasteiger partial charge in [-0.1, -0.05) is 34.1 Å². The van der Waals surface area contributed by atoms with Crippen LogP contribution in [0.5, 0.6) is 0 Å². The van der Waals surface area contributed by atoms with E-state index in [1.807, 2.05) is 0 Å². The molecule has 2 rings (SSSR count). The first-order valence-electron chi connectivity index (χ1n) is 7.37. The van der Waals surface area contributed by atoms with Crippen LogP contribution in [0.25, 0.3) is 0 Å². The first-order chi connectivity index (χ1) is 12.1. The number of carbonyl (C=O) groups is 1. The number of sulfonamides is 1. The van der Waals surface area contributed by atoms with Gasteiger partial charge in [-0.2, -0.15) is 4.31 Å². The molecule has 10 heteroatoms. The number of carboxylic acids is 1. The maximum absolute atomic E-state index is 13.0. The second-order valence-corrected chi connectivity index (χ2v) is 8.21. The standard InChI is InChI=1S/C16H15BrN2O6S/c1-11(16(20)21)18(10-12-4-2-3-5-15(12)19(22)23)26(24,25)14-8-6-13(17)7-9-14/h2-9,11H,10H2,1H3,(H,20,21)/t11-/m0/s1. The monoisotopic (exact) mass is 442 g/mol. The van der Waals surface area contributed by atoms with Crippen LogP contribution in [-0.2, 0) is 21.4 Å². The molecule has 0 heterocycles. The number of rotatable bonds is 7. The Balaban J connectivity index is 2.53. The summed E-state index contributed by atoms with van der Waals surface area (Å²) >= 11 is 3.20. The van der Waals surface area contributed by atoms with Gasteiger partial charge in [-0.3, -0.25) is 14.9 Å². The fourth-order valence-electron chi connectivity index (χ4n) is 2.29. The Labute approximate surface area is 158 Å². The molecule has 0 amide bonds. The summed E-state index contributed by atoms with van der Waals surface area (Å²) in [6.07, 6.45) is 0. The predicted octanol–water partition coefficient (Wildman–Crippen LogP) is 3.02. The molecule has 0 saturated carbocycles. The van der Waals surface area contributed by atoms with Crippen LogP contribution in [0.1, 0.15) is 12.5 Å². The van der Waals surface area contributed by atoms with Crippen molar-refractivity contribution in [2.75, 3.05) is 0 Å². The van der Waals surface area contributed by atoms with Gasteiger partial charge in [0.05, 0.1) is 9.82 Å². The van der Waals surface area contributed by atoms with Gasteiger partial charge in [0.15, 0.2) is 0 Å². The molecular formula is C16H15BrN2O6S. The van der Waals surface area contributed by atoms with E-state index in [1.54, 1.807) is 0 Å². The van der Waals surface area contributed by atoms with Crippen molar-refractivity contribution in [3.8, 4) is 0 Å². The lowest BCUT2D eigenvalue weighted by molar-refractivity contribution is -0.385. The first kappa shape index (κ1) is 20.0. The SMILES string of the molecule is C[C@@H](C(=O)O)N(Cc1ccccc1[N+](=O)[O-])S(=O)(=O)c1ccc(Br)cc1. The van der Waals surface area contributed by atoms with Crippen LogP contribution < -0.4 is 0 Å². The van der Waals surface area contributed by atoms with Gasteiger partial charge in [0.25, 0.3) is 5.69 Å². The molecular weight excluding hydrogens is 428 g/mol. The second kappa shape index (κ2) is 7.94. The molecule has 1 N–H and O–H groups in total. The van der Waals surface area contributed by atoms with E-state index >= 15 is 0 Å². The minimum atomic E-state index is -4.19. The van der Waals surface area contributed by atoms with E-state index in [9.17, 15) is 28.4 Å². The first-order valence-corrected chi connectivity index (χ1v) is 9.60. The third kappa shape index (κ3) is 4.26. The molecule has 1 atom stereocenters. The summed E-state index contributed by atoms with van der Waals surface area (Å²) in [5.41, 5.74) is -0.174. The van der Waals surface area contributed by atoms with Crippen molar-refractivity contribution in [2.24, 2.45) is 0 Å². The van der Waals surface area contributed by atoms with Crippen LogP contribution in [0.15, 0.2) is 57.9 Å². The molecule has 0 aliphatic rings. The molecule has 138 valence electrons. The zero-order chi connectivity index (χ0) is 19.5. The molecule has 2 aromatic carbocycles. The minimum absolute atomic E-state index is 0.103. The van der Waals surface area contributed by atoms with Crippen molar-refractivity contribution in [3.63, 3.8) is 0 Å². The second-order valence-electron chi connectivity index (χ2n) is 5.40. The average Bonchev–Trinajstić information content (AvgIpc) is 2.59. The van der Waals surface area contributed by atoms with E-state index in [0.717, 1.165) is 4.31 Å². The van der Waals surface area contributed by atoms with E-state index in [0.29, 0.717) is 4.47 Å². The van der Waals surface area contributed by atoms with E-state index in [1.165, 1.54) is 55.5 Å². The predicted molar refractivity (Wildman–Crippen MR) is 97.1 cm³/mol. The molecule has 0 unspecified atom stereocenters. The number of hydrogen-bond acceptors (Lipinski definition) is 5. The maximum Gasteiger partial charge on any atom is 0.321 e. The highest BCUT2D eigenvalue weighted by Crippen LogP contribution is 2.26. The molecule has 0 saturated heterocycles. The normalized spacial score (nSPS) is 12.7. The van der Waals surface area contributed by atoms with Crippen LogP contribution in [0, 0.1) is 10.1 Å².